The van der Waals surface area contributed by atoms with Gasteiger partial charge >= 0.3 is 0 Å². The number of aliphatic hydroxyl groups is 1. The molecule has 0 saturated heterocycles. The van der Waals surface area contributed by atoms with Crippen molar-refractivity contribution in [3.8, 4) is 0 Å². The molecule has 1 fully saturated rings. The first-order valence-electron chi connectivity index (χ1n) is 5.19. The molecule has 1 aliphatic rings. The van der Waals surface area contributed by atoms with Crippen molar-refractivity contribution in [3.05, 3.63) is 35.6 Å². The number of hydrogen-bond acceptors (Lipinski definition) is 1. The Bertz CT molecular complexity index is 275. The van der Waals surface area contributed by atoms with E-state index >= 15 is 0 Å². The summed E-state index contributed by atoms with van der Waals surface area (Å²) >= 11 is 0. The monoisotopic (exact) mass is 196 g/mol. The maximum atomic E-state index is 12.5. The molecule has 2 rings (SSSR count). The van der Waals surface area contributed by atoms with Gasteiger partial charge in [0.1, 0.15) is 5.82 Å². The van der Waals surface area contributed by atoms with Crippen molar-refractivity contribution in [2.75, 3.05) is 0 Å². The molecular formula is C12H17FO. The van der Waals surface area contributed by atoms with Crippen molar-refractivity contribution >= 4 is 0 Å². The number of rotatable bonds is 1. The zero-order valence-corrected chi connectivity index (χ0v) is 8.76. The van der Waals surface area contributed by atoms with Crippen LogP contribution in [-0.4, -0.2) is 5.11 Å². The fraction of sp³-hybridized carbons (Fsp3) is 0.500. The summed E-state index contributed by atoms with van der Waals surface area (Å²) in [4.78, 5) is 0. The Morgan fingerprint density at radius 3 is 2.00 bits per heavy atom. The Labute approximate surface area is 84.6 Å². The molecule has 0 heterocycles. The minimum absolute atomic E-state index is 0.248. The zero-order valence-electron chi connectivity index (χ0n) is 8.76. The van der Waals surface area contributed by atoms with E-state index in [1.54, 1.807) is 12.1 Å². The van der Waals surface area contributed by atoms with Crippen molar-refractivity contribution in [2.24, 2.45) is 0 Å². The standard InChI is InChI=1S/C10H11FO.C2H6/c11-9-4-2-8(3-5-9)10(12)6-1-7-10;1-2/h2-5,12H,1,6-7H2;1-2H3. The fourth-order valence-corrected chi connectivity index (χ4v) is 1.56. The van der Waals surface area contributed by atoms with Crippen molar-refractivity contribution in [1.82, 2.24) is 0 Å². The van der Waals surface area contributed by atoms with E-state index in [-0.39, 0.29) is 5.82 Å². The largest absolute Gasteiger partial charge is 0.385 e. The summed E-state index contributed by atoms with van der Waals surface area (Å²) in [6.07, 6.45) is 2.67. The summed E-state index contributed by atoms with van der Waals surface area (Å²) in [5, 5.41) is 9.85. The number of benzene rings is 1. The highest BCUT2D eigenvalue weighted by molar-refractivity contribution is 5.24. The second-order valence-electron chi connectivity index (χ2n) is 3.39. The van der Waals surface area contributed by atoms with E-state index in [9.17, 15) is 9.50 Å². The molecule has 1 N–H and O–H groups in total. The molecule has 14 heavy (non-hydrogen) atoms. The van der Waals surface area contributed by atoms with Crippen LogP contribution in [0, 0.1) is 5.82 Å². The molecule has 0 bridgehead atoms. The van der Waals surface area contributed by atoms with E-state index in [2.05, 4.69) is 0 Å². The van der Waals surface area contributed by atoms with E-state index in [1.165, 1.54) is 12.1 Å². The Morgan fingerprint density at radius 1 is 1.14 bits per heavy atom. The van der Waals surface area contributed by atoms with Gasteiger partial charge in [-0.05, 0) is 37.0 Å². The van der Waals surface area contributed by atoms with Crippen molar-refractivity contribution in [2.45, 2.75) is 38.7 Å². The summed E-state index contributed by atoms with van der Waals surface area (Å²) in [5.41, 5.74) is 0.184. The highest BCUT2D eigenvalue weighted by Crippen LogP contribution is 2.40. The minimum Gasteiger partial charge on any atom is -0.385 e. The van der Waals surface area contributed by atoms with Crippen molar-refractivity contribution in [3.63, 3.8) is 0 Å². The molecule has 2 heteroatoms. The van der Waals surface area contributed by atoms with Crippen LogP contribution in [0.25, 0.3) is 0 Å². The molecule has 0 aromatic heterocycles. The van der Waals surface area contributed by atoms with Gasteiger partial charge in [-0.15, -0.1) is 0 Å². The molecule has 1 aromatic rings. The van der Waals surface area contributed by atoms with Crippen LogP contribution in [0.3, 0.4) is 0 Å². The van der Waals surface area contributed by atoms with Crippen LogP contribution in [0.4, 0.5) is 4.39 Å². The van der Waals surface area contributed by atoms with Crippen molar-refractivity contribution < 1.29 is 9.50 Å². The SMILES string of the molecule is CC.OC1(c2ccc(F)cc2)CCC1. The van der Waals surface area contributed by atoms with Crippen LogP contribution in [0.5, 0.6) is 0 Å². The van der Waals surface area contributed by atoms with Gasteiger partial charge in [0.05, 0.1) is 5.60 Å². The van der Waals surface area contributed by atoms with Gasteiger partial charge in [-0.25, -0.2) is 4.39 Å². The highest BCUT2D eigenvalue weighted by Gasteiger charge is 2.35. The van der Waals surface area contributed by atoms with Gasteiger partial charge in [0.2, 0.25) is 0 Å². The van der Waals surface area contributed by atoms with Crippen LogP contribution < -0.4 is 0 Å². The molecule has 1 nitrogen and oxygen atoms in total. The van der Waals surface area contributed by atoms with E-state index in [0.717, 1.165) is 24.8 Å². The normalized spacial score (nSPS) is 17.7. The third kappa shape index (κ3) is 2.13. The fourth-order valence-electron chi connectivity index (χ4n) is 1.56. The second kappa shape index (κ2) is 4.56. The van der Waals surface area contributed by atoms with Gasteiger partial charge in [0.15, 0.2) is 0 Å². The molecule has 78 valence electrons. The zero-order chi connectivity index (χ0) is 10.6. The smallest absolute Gasteiger partial charge is 0.123 e. The average molecular weight is 196 g/mol. The van der Waals surface area contributed by atoms with Gasteiger partial charge in [-0.2, -0.15) is 0 Å². The molecule has 0 aliphatic heterocycles. The summed E-state index contributed by atoms with van der Waals surface area (Å²) in [6.45, 7) is 4.00. The van der Waals surface area contributed by atoms with Gasteiger partial charge in [0.25, 0.3) is 0 Å². The lowest BCUT2D eigenvalue weighted by atomic mass is 9.75. The van der Waals surface area contributed by atoms with Gasteiger partial charge in [0, 0.05) is 0 Å². The number of halogens is 1. The van der Waals surface area contributed by atoms with Crippen LogP contribution in [0.2, 0.25) is 0 Å². The van der Waals surface area contributed by atoms with Gasteiger partial charge in [-0.1, -0.05) is 26.0 Å². The topological polar surface area (TPSA) is 20.2 Å². The minimum atomic E-state index is -0.659. The summed E-state index contributed by atoms with van der Waals surface area (Å²) < 4.78 is 12.5. The Kier molecular flexibility index (Phi) is 3.64. The Balaban J connectivity index is 0.000000461. The maximum absolute atomic E-state index is 12.5. The third-order valence-corrected chi connectivity index (χ3v) is 2.56. The molecule has 1 aromatic carbocycles. The molecule has 1 saturated carbocycles. The third-order valence-electron chi connectivity index (χ3n) is 2.56. The van der Waals surface area contributed by atoms with Gasteiger partial charge in [-0.3, -0.25) is 0 Å². The second-order valence-corrected chi connectivity index (χ2v) is 3.39. The summed E-state index contributed by atoms with van der Waals surface area (Å²) in [5.74, 6) is -0.248. The predicted molar refractivity (Wildman–Crippen MR) is 55.5 cm³/mol. The van der Waals surface area contributed by atoms with Crippen LogP contribution in [0.1, 0.15) is 38.7 Å². The van der Waals surface area contributed by atoms with E-state index in [1.807, 2.05) is 13.8 Å². The van der Waals surface area contributed by atoms with Crippen LogP contribution in [0.15, 0.2) is 24.3 Å². The summed E-state index contributed by atoms with van der Waals surface area (Å²) in [6, 6.07) is 6.11. The van der Waals surface area contributed by atoms with E-state index in [0.29, 0.717) is 0 Å². The van der Waals surface area contributed by atoms with E-state index < -0.39 is 5.60 Å². The quantitative estimate of drug-likeness (QED) is 0.731. The lowest BCUT2D eigenvalue weighted by molar-refractivity contribution is -0.0388. The molecule has 0 spiro atoms. The first kappa shape index (κ1) is 11.2. The number of hydrogen-bond donors (Lipinski definition) is 1. The lowest BCUT2D eigenvalue weighted by Crippen LogP contribution is -2.33. The first-order valence-corrected chi connectivity index (χ1v) is 5.19. The molecule has 1 aliphatic carbocycles. The predicted octanol–water partition coefficient (Wildman–Crippen LogP) is 3.22. The Hall–Kier alpha value is -0.890. The summed E-state index contributed by atoms with van der Waals surface area (Å²) in [7, 11) is 0. The maximum Gasteiger partial charge on any atom is 0.123 e. The molecule has 0 radical (unpaired) electrons. The molecule has 0 atom stereocenters. The molecular weight excluding hydrogens is 179 g/mol. The van der Waals surface area contributed by atoms with Crippen LogP contribution in [-0.2, 0) is 5.60 Å². The van der Waals surface area contributed by atoms with E-state index in [4.69, 9.17) is 0 Å². The highest BCUT2D eigenvalue weighted by atomic mass is 19.1. The van der Waals surface area contributed by atoms with Crippen molar-refractivity contribution in [1.29, 1.82) is 0 Å². The van der Waals surface area contributed by atoms with Crippen LogP contribution >= 0.6 is 0 Å². The molecule has 0 amide bonds. The first-order chi connectivity index (χ1) is 6.71. The lowest BCUT2D eigenvalue weighted by Gasteiger charge is -2.37. The van der Waals surface area contributed by atoms with Gasteiger partial charge < -0.3 is 5.11 Å². The average Bonchev–Trinajstić information content (AvgIpc) is 2.19. The molecule has 0 unspecified atom stereocenters. The Morgan fingerprint density at radius 2 is 1.64 bits per heavy atom.